The van der Waals surface area contributed by atoms with Crippen molar-refractivity contribution < 1.29 is 4.74 Å². The van der Waals surface area contributed by atoms with Gasteiger partial charge in [0, 0.05) is 6.54 Å². The number of halogens is 1. The standard InChI is InChI=1S/C13H14ClN3O/c1-9-7-12(14)16-17-13(9)15-8-10-3-5-11(18-2)6-4-10/h3-7H,8H2,1-2H3,(H,15,17). The lowest BCUT2D eigenvalue weighted by Crippen LogP contribution is -2.04. The topological polar surface area (TPSA) is 47.0 Å². The lowest BCUT2D eigenvalue weighted by Gasteiger charge is -2.08. The molecule has 94 valence electrons. The minimum absolute atomic E-state index is 0.405. The number of aryl methyl sites for hydroxylation is 1. The number of methoxy groups -OCH3 is 1. The summed E-state index contributed by atoms with van der Waals surface area (Å²) < 4.78 is 5.11. The second-order valence-corrected chi connectivity index (χ2v) is 4.29. The molecule has 0 bridgehead atoms. The average molecular weight is 264 g/mol. The van der Waals surface area contributed by atoms with Crippen molar-refractivity contribution in [1.29, 1.82) is 0 Å². The molecule has 0 aliphatic heterocycles. The number of ether oxygens (including phenoxy) is 1. The fourth-order valence-corrected chi connectivity index (χ4v) is 1.76. The molecule has 0 radical (unpaired) electrons. The van der Waals surface area contributed by atoms with E-state index in [1.165, 1.54) is 0 Å². The van der Waals surface area contributed by atoms with Crippen molar-refractivity contribution in [2.24, 2.45) is 0 Å². The minimum atomic E-state index is 0.405. The Hall–Kier alpha value is -1.81. The van der Waals surface area contributed by atoms with Gasteiger partial charge >= 0.3 is 0 Å². The summed E-state index contributed by atoms with van der Waals surface area (Å²) in [5.74, 6) is 1.59. The summed E-state index contributed by atoms with van der Waals surface area (Å²) in [6.07, 6.45) is 0. The van der Waals surface area contributed by atoms with Crippen LogP contribution in [0.1, 0.15) is 11.1 Å². The highest BCUT2D eigenvalue weighted by Crippen LogP contribution is 2.16. The van der Waals surface area contributed by atoms with Crippen LogP contribution in [0.2, 0.25) is 5.15 Å². The second-order valence-electron chi connectivity index (χ2n) is 3.90. The van der Waals surface area contributed by atoms with Crippen molar-refractivity contribution in [1.82, 2.24) is 10.2 Å². The summed E-state index contributed by atoms with van der Waals surface area (Å²) in [6, 6.07) is 9.65. The summed E-state index contributed by atoms with van der Waals surface area (Å²) in [5, 5.41) is 11.4. The summed E-state index contributed by atoms with van der Waals surface area (Å²) in [7, 11) is 1.65. The first-order valence-corrected chi connectivity index (χ1v) is 5.93. The predicted octanol–water partition coefficient (Wildman–Crippen LogP) is 3.06. The van der Waals surface area contributed by atoms with Gasteiger partial charge in [0.1, 0.15) is 5.75 Å². The zero-order chi connectivity index (χ0) is 13.0. The molecule has 4 nitrogen and oxygen atoms in total. The molecule has 0 saturated heterocycles. The highest BCUT2D eigenvalue weighted by atomic mass is 35.5. The van der Waals surface area contributed by atoms with Gasteiger partial charge in [-0.2, -0.15) is 0 Å². The molecule has 1 heterocycles. The molecule has 0 aliphatic rings. The Bertz CT molecular complexity index is 528. The van der Waals surface area contributed by atoms with Gasteiger partial charge in [-0.15, -0.1) is 10.2 Å². The summed E-state index contributed by atoms with van der Waals surface area (Å²) >= 11 is 5.75. The van der Waals surface area contributed by atoms with Crippen LogP contribution in [0.4, 0.5) is 5.82 Å². The molecule has 18 heavy (non-hydrogen) atoms. The molecule has 0 unspecified atom stereocenters. The van der Waals surface area contributed by atoms with Gasteiger partial charge in [0.2, 0.25) is 0 Å². The highest BCUT2D eigenvalue weighted by molar-refractivity contribution is 6.29. The first kappa shape index (κ1) is 12.6. The van der Waals surface area contributed by atoms with Crippen molar-refractivity contribution in [3.05, 3.63) is 46.6 Å². The Morgan fingerprint density at radius 1 is 1.22 bits per heavy atom. The molecule has 0 fully saturated rings. The van der Waals surface area contributed by atoms with E-state index in [1.54, 1.807) is 13.2 Å². The van der Waals surface area contributed by atoms with Crippen LogP contribution in [0.25, 0.3) is 0 Å². The van der Waals surface area contributed by atoms with Crippen LogP contribution >= 0.6 is 11.6 Å². The molecule has 0 atom stereocenters. The number of nitrogens with zero attached hydrogens (tertiary/aromatic N) is 2. The van der Waals surface area contributed by atoms with Crippen molar-refractivity contribution in [2.75, 3.05) is 12.4 Å². The maximum absolute atomic E-state index is 5.75. The summed E-state index contributed by atoms with van der Waals surface area (Å²) in [4.78, 5) is 0. The normalized spacial score (nSPS) is 10.2. The predicted molar refractivity (Wildman–Crippen MR) is 72.1 cm³/mol. The number of aromatic nitrogens is 2. The molecule has 0 aliphatic carbocycles. The fraction of sp³-hybridized carbons (Fsp3) is 0.231. The van der Waals surface area contributed by atoms with Gasteiger partial charge < -0.3 is 10.1 Å². The van der Waals surface area contributed by atoms with Crippen LogP contribution in [0.5, 0.6) is 5.75 Å². The van der Waals surface area contributed by atoms with E-state index in [0.717, 1.165) is 22.7 Å². The Morgan fingerprint density at radius 2 is 1.94 bits per heavy atom. The number of rotatable bonds is 4. The van der Waals surface area contributed by atoms with E-state index < -0.39 is 0 Å². The maximum Gasteiger partial charge on any atom is 0.152 e. The van der Waals surface area contributed by atoms with Crippen molar-refractivity contribution in [2.45, 2.75) is 13.5 Å². The molecule has 1 aromatic heterocycles. The van der Waals surface area contributed by atoms with Gasteiger partial charge in [0.15, 0.2) is 11.0 Å². The highest BCUT2D eigenvalue weighted by Gasteiger charge is 2.02. The zero-order valence-electron chi connectivity index (χ0n) is 10.3. The third kappa shape index (κ3) is 3.11. The second kappa shape index (κ2) is 5.69. The summed E-state index contributed by atoms with van der Waals surface area (Å²) in [6.45, 7) is 2.62. The first-order valence-electron chi connectivity index (χ1n) is 5.55. The Balaban J connectivity index is 2.02. The van der Waals surface area contributed by atoms with Crippen molar-refractivity contribution in [3.8, 4) is 5.75 Å². The van der Waals surface area contributed by atoms with E-state index in [9.17, 15) is 0 Å². The van der Waals surface area contributed by atoms with Gasteiger partial charge in [-0.05, 0) is 36.2 Å². The molecule has 2 rings (SSSR count). The number of anilines is 1. The Kier molecular flexibility index (Phi) is 3.99. The molecule has 0 amide bonds. The Labute approximate surface area is 111 Å². The lowest BCUT2D eigenvalue weighted by atomic mass is 10.2. The smallest absolute Gasteiger partial charge is 0.152 e. The monoisotopic (exact) mass is 263 g/mol. The number of hydrogen-bond donors (Lipinski definition) is 1. The minimum Gasteiger partial charge on any atom is -0.497 e. The van der Waals surface area contributed by atoms with Crippen LogP contribution in [-0.2, 0) is 6.54 Å². The third-order valence-corrected chi connectivity index (χ3v) is 2.76. The molecule has 2 aromatic rings. The summed E-state index contributed by atoms with van der Waals surface area (Å²) in [5.41, 5.74) is 2.12. The van der Waals surface area contributed by atoms with Gasteiger partial charge in [-0.1, -0.05) is 23.7 Å². The van der Waals surface area contributed by atoms with Gasteiger partial charge in [0.05, 0.1) is 7.11 Å². The van der Waals surface area contributed by atoms with E-state index in [4.69, 9.17) is 16.3 Å². The van der Waals surface area contributed by atoms with Gasteiger partial charge in [0.25, 0.3) is 0 Å². The van der Waals surface area contributed by atoms with Crippen LogP contribution in [0.15, 0.2) is 30.3 Å². The molecular weight excluding hydrogens is 250 g/mol. The third-order valence-electron chi connectivity index (χ3n) is 2.57. The average Bonchev–Trinajstić information content (AvgIpc) is 2.38. The quantitative estimate of drug-likeness (QED) is 0.921. The van der Waals surface area contributed by atoms with Crippen LogP contribution in [0.3, 0.4) is 0 Å². The van der Waals surface area contributed by atoms with E-state index in [-0.39, 0.29) is 0 Å². The number of nitrogens with one attached hydrogen (secondary N) is 1. The molecular formula is C13H14ClN3O. The van der Waals surface area contributed by atoms with E-state index >= 15 is 0 Å². The van der Waals surface area contributed by atoms with Crippen molar-refractivity contribution >= 4 is 17.4 Å². The molecule has 1 aromatic carbocycles. The molecule has 5 heteroatoms. The first-order chi connectivity index (χ1) is 8.69. The number of benzene rings is 1. The fourth-order valence-electron chi connectivity index (χ4n) is 1.56. The molecule has 1 N–H and O–H groups in total. The number of hydrogen-bond acceptors (Lipinski definition) is 4. The zero-order valence-corrected chi connectivity index (χ0v) is 11.0. The lowest BCUT2D eigenvalue weighted by molar-refractivity contribution is 0.414. The van der Waals surface area contributed by atoms with Crippen LogP contribution < -0.4 is 10.1 Å². The van der Waals surface area contributed by atoms with E-state index in [0.29, 0.717) is 11.7 Å². The van der Waals surface area contributed by atoms with Gasteiger partial charge in [-0.3, -0.25) is 0 Å². The van der Waals surface area contributed by atoms with Crippen LogP contribution in [-0.4, -0.2) is 17.3 Å². The maximum atomic E-state index is 5.75. The van der Waals surface area contributed by atoms with E-state index in [1.807, 2.05) is 31.2 Å². The van der Waals surface area contributed by atoms with Crippen molar-refractivity contribution in [3.63, 3.8) is 0 Å². The SMILES string of the molecule is COc1ccc(CNc2nnc(Cl)cc2C)cc1. The largest absolute Gasteiger partial charge is 0.497 e. The molecule has 0 saturated carbocycles. The molecule has 0 spiro atoms. The van der Waals surface area contributed by atoms with Gasteiger partial charge in [-0.25, -0.2) is 0 Å². The van der Waals surface area contributed by atoms with Crippen LogP contribution in [0, 0.1) is 6.92 Å². The van der Waals surface area contributed by atoms with E-state index in [2.05, 4.69) is 15.5 Å². The Morgan fingerprint density at radius 3 is 2.56 bits per heavy atom.